The molecule has 0 spiro atoms. The molecule has 1 atom stereocenters. The summed E-state index contributed by atoms with van der Waals surface area (Å²) < 4.78 is 41.3. The van der Waals surface area contributed by atoms with E-state index < -0.39 is 6.36 Å². The average molecular weight is 334 g/mol. The summed E-state index contributed by atoms with van der Waals surface area (Å²) in [5.74, 6) is -0.248. The minimum absolute atomic E-state index is 0. The summed E-state index contributed by atoms with van der Waals surface area (Å²) in [5.41, 5.74) is 1.64. The molecule has 1 unspecified atom stereocenters. The third-order valence-electron chi connectivity index (χ3n) is 3.42. The summed E-state index contributed by atoms with van der Waals surface area (Å²) in [6.07, 6.45) is -2.66. The fourth-order valence-electron chi connectivity index (χ4n) is 2.50. The van der Waals surface area contributed by atoms with Gasteiger partial charge in [-0.25, -0.2) is 0 Å². The zero-order valence-corrected chi connectivity index (χ0v) is 12.3. The van der Waals surface area contributed by atoms with Gasteiger partial charge in [-0.2, -0.15) is 5.10 Å². The predicted octanol–water partition coefficient (Wildman–Crippen LogP) is 3.82. The second-order valence-corrected chi connectivity index (χ2v) is 4.90. The summed E-state index contributed by atoms with van der Waals surface area (Å²) in [6, 6.07) is 7.94. The molecule has 0 radical (unpaired) electrons. The van der Waals surface area contributed by atoms with Crippen molar-refractivity contribution >= 4 is 12.4 Å². The van der Waals surface area contributed by atoms with Gasteiger partial charge in [0.05, 0.1) is 11.4 Å². The Hall–Kier alpha value is -1.73. The number of hydrogen-bond donors (Lipinski definition) is 2. The Labute approximate surface area is 131 Å². The standard InChI is InChI=1S/C14H14F3N3O.ClH/c15-14(16,17)21-13-6-2-1-4-9(13)11-8-12(20-19-11)10-5-3-7-18-10;/h1-2,4,6,8,10,18H,3,5,7H2,(H,19,20);1H. The van der Waals surface area contributed by atoms with Crippen LogP contribution in [0.3, 0.4) is 0 Å². The zero-order chi connectivity index (χ0) is 14.9. The first-order chi connectivity index (χ1) is 10.0. The molecule has 1 aliphatic rings. The van der Waals surface area contributed by atoms with E-state index in [1.807, 2.05) is 0 Å². The Morgan fingerprint density at radius 1 is 1.23 bits per heavy atom. The van der Waals surface area contributed by atoms with Crippen molar-refractivity contribution in [3.8, 4) is 17.0 Å². The van der Waals surface area contributed by atoms with E-state index in [9.17, 15) is 13.2 Å². The van der Waals surface area contributed by atoms with Gasteiger partial charge in [0.2, 0.25) is 0 Å². The Balaban J connectivity index is 0.00000176. The van der Waals surface area contributed by atoms with Crippen molar-refractivity contribution in [1.29, 1.82) is 0 Å². The van der Waals surface area contributed by atoms with Gasteiger partial charge in [-0.3, -0.25) is 5.10 Å². The number of aromatic amines is 1. The van der Waals surface area contributed by atoms with Gasteiger partial charge >= 0.3 is 6.36 Å². The van der Waals surface area contributed by atoms with Crippen LogP contribution in [-0.2, 0) is 0 Å². The number of rotatable bonds is 3. The zero-order valence-electron chi connectivity index (χ0n) is 11.5. The molecular weight excluding hydrogens is 319 g/mol. The molecule has 2 aromatic rings. The van der Waals surface area contributed by atoms with E-state index in [1.165, 1.54) is 12.1 Å². The molecule has 0 amide bonds. The van der Waals surface area contributed by atoms with Crippen molar-refractivity contribution < 1.29 is 17.9 Å². The maximum atomic E-state index is 12.4. The van der Waals surface area contributed by atoms with Crippen LogP contribution in [0.5, 0.6) is 5.75 Å². The molecule has 1 saturated heterocycles. The molecule has 2 N–H and O–H groups in total. The van der Waals surface area contributed by atoms with Gasteiger partial charge in [-0.1, -0.05) is 12.1 Å². The molecule has 1 aromatic carbocycles. The summed E-state index contributed by atoms with van der Waals surface area (Å²) in [5, 5.41) is 10.3. The Morgan fingerprint density at radius 3 is 2.68 bits per heavy atom. The van der Waals surface area contributed by atoms with Gasteiger partial charge in [0.1, 0.15) is 5.75 Å². The van der Waals surface area contributed by atoms with Crippen LogP contribution >= 0.6 is 12.4 Å². The van der Waals surface area contributed by atoms with Crippen molar-refractivity contribution in [1.82, 2.24) is 15.5 Å². The average Bonchev–Trinajstić information content (AvgIpc) is 3.08. The van der Waals surface area contributed by atoms with Crippen molar-refractivity contribution in [2.45, 2.75) is 25.2 Å². The maximum absolute atomic E-state index is 12.4. The maximum Gasteiger partial charge on any atom is 0.573 e. The van der Waals surface area contributed by atoms with Crippen LogP contribution in [0.2, 0.25) is 0 Å². The molecule has 1 aromatic heterocycles. The Morgan fingerprint density at radius 2 is 2.00 bits per heavy atom. The number of ether oxygens (including phenoxy) is 1. The van der Waals surface area contributed by atoms with Gasteiger partial charge in [0.15, 0.2) is 0 Å². The predicted molar refractivity (Wildman–Crippen MR) is 77.9 cm³/mol. The molecule has 3 rings (SSSR count). The first-order valence-corrected chi connectivity index (χ1v) is 6.67. The normalized spacial score (nSPS) is 18.0. The van der Waals surface area contributed by atoms with E-state index in [0.717, 1.165) is 25.1 Å². The molecule has 8 heteroatoms. The van der Waals surface area contributed by atoms with Crippen LogP contribution in [0.1, 0.15) is 24.6 Å². The lowest BCUT2D eigenvalue weighted by Gasteiger charge is -2.11. The number of para-hydroxylation sites is 1. The van der Waals surface area contributed by atoms with Gasteiger partial charge in [-0.15, -0.1) is 25.6 Å². The summed E-state index contributed by atoms with van der Waals surface area (Å²) in [6.45, 7) is 0.937. The minimum atomic E-state index is -4.72. The second-order valence-electron chi connectivity index (χ2n) is 4.90. The summed E-state index contributed by atoms with van der Waals surface area (Å²) >= 11 is 0. The lowest BCUT2D eigenvalue weighted by Crippen LogP contribution is -2.17. The third kappa shape index (κ3) is 3.72. The smallest absolute Gasteiger partial charge is 0.405 e. The minimum Gasteiger partial charge on any atom is -0.405 e. The first kappa shape index (κ1) is 16.6. The highest BCUT2D eigenvalue weighted by Gasteiger charge is 2.32. The highest BCUT2D eigenvalue weighted by atomic mass is 35.5. The molecule has 4 nitrogen and oxygen atoms in total. The van der Waals surface area contributed by atoms with E-state index in [4.69, 9.17) is 0 Å². The lowest BCUT2D eigenvalue weighted by molar-refractivity contribution is -0.274. The number of benzene rings is 1. The quantitative estimate of drug-likeness (QED) is 0.897. The fourth-order valence-corrected chi connectivity index (χ4v) is 2.50. The Kier molecular flexibility index (Phi) is 4.97. The van der Waals surface area contributed by atoms with Gasteiger partial charge in [-0.05, 0) is 37.6 Å². The third-order valence-corrected chi connectivity index (χ3v) is 3.42. The second kappa shape index (κ2) is 6.58. The lowest BCUT2D eigenvalue weighted by atomic mass is 10.1. The SMILES string of the molecule is Cl.FC(F)(F)Oc1ccccc1-c1cc(C2CCCN2)[nH]n1. The number of nitrogens with zero attached hydrogens (tertiary/aromatic N) is 1. The van der Waals surface area contributed by atoms with Crippen LogP contribution in [0.4, 0.5) is 13.2 Å². The van der Waals surface area contributed by atoms with E-state index in [2.05, 4.69) is 20.3 Å². The van der Waals surface area contributed by atoms with Crippen LogP contribution in [0, 0.1) is 0 Å². The van der Waals surface area contributed by atoms with Crippen molar-refractivity contribution in [3.05, 3.63) is 36.0 Å². The van der Waals surface area contributed by atoms with Gasteiger partial charge < -0.3 is 10.1 Å². The van der Waals surface area contributed by atoms with E-state index in [0.29, 0.717) is 11.3 Å². The molecule has 0 aliphatic carbocycles. The number of alkyl halides is 3. The molecule has 1 fully saturated rings. The van der Waals surface area contributed by atoms with Gasteiger partial charge in [0, 0.05) is 11.6 Å². The largest absolute Gasteiger partial charge is 0.573 e. The highest BCUT2D eigenvalue weighted by Crippen LogP contribution is 2.34. The fraction of sp³-hybridized carbons (Fsp3) is 0.357. The molecule has 22 heavy (non-hydrogen) atoms. The first-order valence-electron chi connectivity index (χ1n) is 6.67. The summed E-state index contributed by atoms with van der Waals surface area (Å²) in [4.78, 5) is 0. The molecule has 2 heterocycles. The monoisotopic (exact) mass is 333 g/mol. The van der Waals surface area contributed by atoms with Crippen molar-refractivity contribution in [3.63, 3.8) is 0 Å². The number of hydrogen-bond acceptors (Lipinski definition) is 3. The van der Waals surface area contributed by atoms with Crippen LogP contribution < -0.4 is 10.1 Å². The van der Waals surface area contributed by atoms with E-state index in [1.54, 1.807) is 18.2 Å². The number of nitrogens with one attached hydrogen (secondary N) is 2. The van der Waals surface area contributed by atoms with Crippen LogP contribution in [-0.4, -0.2) is 23.1 Å². The van der Waals surface area contributed by atoms with Crippen LogP contribution in [0.25, 0.3) is 11.3 Å². The molecule has 0 saturated carbocycles. The molecular formula is C14H15ClF3N3O. The molecule has 120 valence electrons. The van der Waals surface area contributed by atoms with Crippen molar-refractivity contribution in [2.75, 3.05) is 6.54 Å². The topological polar surface area (TPSA) is 49.9 Å². The van der Waals surface area contributed by atoms with Crippen LogP contribution in [0.15, 0.2) is 30.3 Å². The van der Waals surface area contributed by atoms with E-state index >= 15 is 0 Å². The molecule has 0 bridgehead atoms. The number of halogens is 4. The van der Waals surface area contributed by atoms with E-state index in [-0.39, 0.29) is 24.2 Å². The molecule has 1 aliphatic heterocycles. The number of H-pyrrole nitrogens is 1. The summed E-state index contributed by atoms with van der Waals surface area (Å²) in [7, 11) is 0. The van der Waals surface area contributed by atoms with Crippen molar-refractivity contribution in [2.24, 2.45) is 0 Å². The van der Waals surface area contributed by atoms with Gasteiger partial charge in [0.25, 0.3) is 0 Å². The number of aromatic nitrogens is 2. The highest BCUT2D eigenvalue weighted by molar-refractivity contribution is 5.85. The Bertz CT molecular complexity index is 624.